The first-order chi connectivity index (χ1) is 11.1. The normalized spacial score (nSPS) is 10.1. The van der Waals surface area contributed by atoms with Gasteiger partial charge in [0.05, 0.1) is 23.5 Å². The van der Waals surface area contributed by atoms with Crippen molar-refractivity contribution in [3.63, 3.8) is 0 Å². The van der Waals surface area contributed by atoms with E-state index < -0.39 is 0 Å². The number of carbonyl (C=O) groups excluding carboxylic acids is 1. The first-order valence-electron chi connectivity index (χ1n) is 7.48. The van der Waals surface area contributed by atoms with Crippen molar-refractivity contribution in [3.05, 3.63) is 48.0 Å². The summed E-state index contributed by atoms with van der Waals surface area (Å²) in [6.07, 6.45) is 1.85. The maximum Gasteiger partial charge on any atom is 0.338 e. The Balaban J connectivity index is 1.91. The third-order valence-electron chi connectivity index (χ3n) is 3.21. The van der Waals surface area contributed by atoms with Gasteiger partial charge in [-0.1, -0.05) is 13.3 Å². The molecule has 2 aromatic carbocycles. The smallest absolute Gasteiger partial charge is 0.338 e. The molecular formula is C17H21N3O3. The van der Waals surface area contributed by atoms with E-state index in [4.69, 9.17) is 10.5 Å². The van der Waals surface area contributed by atoms with Gasteiger partial charge < -0.3 is 21.0 Å². The number of rotatable bonds is 7. The molecule has 122 valence electrons. The summed E-state index contributed by atoms with van der Waals surface area (Å²) < 4.78 is 5.14. The molecule has 0 heterocycles. The fourth-order valence-electron chi connectivity index (χ4n) is 1.88. The highest BCUT2D eigenvalue weighted by molar-refractivity contribution is 5.89. The molecule has 0 amide bonds. The second kappa shape index (κ2) is 7.93. The molecule has 0 aliphatic carbocycles. The lowest BCUT2D eigenvalue weighted by molar-refractivity contribution is 0.0500. The Kier molecular flexibility index (Phi) is 5.68. The molecule has 0 aliphatic heterocycles. The molecule has 6 nitrogen and oxygen atoms in total. The van der Waals surface area contributed by atoms with Crippen molar-refractivity contribution in [3.8, 4) is 5.75 Å². The van der Waals surface area contributed by atoms with E-state index in [1.807, 2.05) is 6.92 Å². The number of unbranched alkanes of at least 4 members (excludes halogenated alkanes) is 1. The van der Waals surface area contributed by atoms with Crippen LogP contribution in [0.4, 0.5) is 17.1 Å². The number of hydrazine groups is 1. The number of nitrogens with two attached hydrogens (primary N) is 1. The lowest BCUT2D eigenvalue weighted by Gasteiger charge is -2.12. The maximum atomic E-state index is 11.8. The monoisotopic (exact) mass is 315 g/mol. The van der Waals surface area contributed by atoms with Crippen LogP contribution >= 0.6 is 0 Å². The minimum Gasteiger partial charge on any atom is -0.506 e. The minimum absolute atomic E-state index is 0.0497. The van der Waals surface area contributed by atoms with E-state index in [-0.39, 0.29) is 11.7 Å². The molecule has 0 saturated heterocycles. The molecule has 0 radical (unpaired) electrons. The molecule has 0 fully saturated rings. The SMILES string of the molecule is CCCCOC(=O)c1ccc(NNc2ccc(N)cc2O)cc1. The van der Waals surface area contributed by atoms with Crippen LogP contribution in [0.3, 0.4) is 0 Å². The van der Waals surface area contributed by atoms with Crippen molar-refractivity contribution in [2.75, 3.05) is 23.2 Å². The number of phenolic OH excluding ortho intramolecular Hbond substituents is 1. The van der Waals surface area contributed by atoms with E-state index in [9.17, 15) is 9.90 Å². The molecule has 5 N–H and O–H groups in total. The summed E-state index contributed by atoms with van der Waals surface area (Å²) in [4.78, 5) is 11.8. The summed E-state index contributed by atoms with van der Waals surface area (Å²) in [5.74, 6) is -0.275. The third kappa shape index (κ3) is 4.81. The number of nitrogens with one attached hydrogen (secondary N) is 2. The highest BCUT2D eigenvalue weighted by atomic mass is 16.5. The highest BCUT2D eigenvalue weighted by Gasteiger charge is 2.06. The molecule has 0 aromatic heterocycles. The van der Waals surface area contributed by atoms with Crippen molar-refractivity contribution < 1.29 is 14.6 Å². The topological polar surface area (TPSA) is 96.6 Å². The standard InChI is InChI=1S/C17H21N3O3/c1-2-3-10-23-17(22)12-4-7-14(8-5-12)19-20-15-9-6-13(18)11-16(15)21/h4-9,11,19-21H,2-3,10,18H2,1H3. The summed E-state index contributed by atoms with van der Waals surface area (Å²) in [5.41, 5.74) is 13.6. The van der Waals surface area contributed by atoms with Gasteiger partial charge in [0, 0.05) is 11.8 Å². The number of carbonyl (C=O) groups is 1. The first-order valence-corrected chi connectivity index (χ1v) is 7.48. The number of benzene rings is 2. The van der Waals surface area contributed by atoms with Gasteiger partial charge in [0.2, 0.25) is 0 Å². The summed E-state index contributed by atoms with van der Waals surface area (Å²) in [6, 6.07) is 11.7. The zero-order valence-corrected chi connectivity index (χ0v) is 13.0. The van der Waals surface area contributed by atoms with Crippen molar-refractivity contribution in [2.24, 2.45) is 0 Å². The lowest BCUT2D eigenvalue weighted by Crippen LogP contribution is -2.10. The molecule has 0 saturated carbocycles. The third-order valence-corrected chi connectivity index (χ3v) is 3.21. The molecular weight excluding hydrogens is 294 g/mol. The summed E-state index contributed by atoms with van der Waals surface area (Å²) >= 11 is 0. The van der Waals surface area contributed by atoms with Crippen LogP contribution in [0.5, 0.6) is 5.75 Å². The van der Waals surface area contributed by atoms with E-state index in [1.165, 1.54) is 6.07 Å². The predicted molar refractivity (Wildman–Crippen MR) is 91.4 cm³/mol. The van der Waals surface area contributed by atoms with Gasteiger partial charge in [-0.15, -0.1) is 0 Å². The fraction of sp³-hybridized carbons (Fsp3) is 0.235. The number of hydrogen-bond donors (Lipinski definition) is 4. The maximum absolute atomic E-state index is 11.8. The average molecular weight is 315 g/mol. The number of hydrogen-bond acceptors (Lipinski definition) is 6. The second-order valence-corrected chi connectivity index (χ2v) is 5.09. The predicted octanol–water partition coefficient (Wildman–Crippen LogP) is 3.37. The van der Waals surface area contributed by atoms with Crippen LogP contribution in [-0.2, 0) is 4.74 Å². The zero-order valence-electron chi connectivity index (χ0n) is 13.0. The molecule has 2 aromatic rings. The second-order valence-electron chi connectivity index (χ2n) is 5.09. The van der Waals surface area contributed by atoms with E-state index in [2.05, 4.69) is 10.9 Å². The Bertz CT molecular complexity index is 657. The minimum atomic E-state index is -0.325. The molecule has 0 spiro atoms. The molecule has 6 heteroatoms. The van der Waals surface area contributed by atoms with E-state index in [1.54, 1.807) is 36.4 Å². The number of aromatic hydroxyl groups is 1. The first kappa shape index (κ1) is 16.5. The number of anilines is 3. The number of esters is 1. The van der Waals surface area contributed by atoms with Gasteiger partial charge >= 0.3 is 5.97 Å². The fourth-order valence-corrected chi connectivity index (χ4v) is 1.88. The lowest BCUT2D eigenvalue weighted by atomic mass is 10.2. The van der Waals surface area contributed by atoms with Gasteiger partial charge in [0.15, 0.2) is 0 Å². The van der Waals surface area contributed by atoms with Crippen molar-refractivity contribution in [1.29, 1.82) is 0 Å². The zero-order chi connectivity index (χ0) is 16.7. The summed E-state index contributed by atoms with van der Waals surface area (Å²) in [6.45, 7) is 2.48. The van der Waals surface area contributed by atoms with Crippen LogP contribution in [0.2, 0.25) is 0 Å². The quantitative estimate of drug-likeness (QED) is 0.206. The summed E-state index contributed by atoms with van der Waals surface area (Å²) in [5, 5.41) is 9.75. The number of ether oxygens (including phenoxy) is 1. The highest BCUT2D eigenvalue weighted by Crippen LogP contribution is 2.25. The van der Waals surface area contributed by atoms with E-state index in [0.29, 0.717) is 23.5 Å². The molecule has 2 rings (SSSR count). The Hall–Kier alpha value is -2.89. The van der Waals surface area contributed by atoms with Gasteiger partial charge in [-0.25, -0.2) is 4.79 Å². The van der Waals surface area contributed by atoms with Crippen molar-refractivity contribution in [2.45, 2.75) is 19.8 Å². The number of phenols is 1. The van der Waals surface area contributed by atoms with E-state index >= 15 is 0 Å². The van der Waals surface area contributed by atoms with Gasteiger partial charge in [0.25, 0.3) is 0 Å². The van der Waals surface area contributed by atoms with Crippen LogP contribution in [0, 0.1) is 0 Å². The molecule has 0 bridgehead atoms. The van der Waals surface area contributed by atoms with Crippen LogP contribution in [-0.4, -0.2) is 17.7 Å². The van der Waals surface area contributed by atoms with Gasteiger partial charge in [-0.2, -0.15) is 0 Å². The van der Waals surface area contributed by atoms with Gasteiger partial charge in [-0.05, 0) is 42.8 Å². The largest absolute Gasteiger partial charge is 0.506 e. The van der Waals surface area contributed by atoms with Crippen LogP contribution in [0.15, 0.2) is 42.5 Å². The van der Waals surface area contributed by atoms with E-state index in [0.717, 1.165) is 18.5 Å². The van der Waals surface area contributed by atoms with Gasteiger partial charge in [0.1, 0.15) is 5.75 Å². The van der Waals surface area contributed by atoms with Crippen molar-refractivity contribution >= 4 is 23.0 Å². The molecule has 0 aliphatic rings. The Labute approximate surface area is 135 Å². The van der Waals surface area contributed by atoms with Crippen LogP contribution in [0.25, 0.3) is 0 Å². The summed E-state index contributed by atoms with van der Waals surface area (Å²) in [7, 11) is 0. The Morgan fingerprint density at radius 2 is 1.91 bits per heavy atom. The van der Waals surface area contributed by atoms with Crippen LogP contribution < -0.4 is 16.6 Å². The average Bonchev–Trinajstić information content (AvgIpc) is 2.55. The molecule has 0 atom stereocenters. The van der Waals surface area contributed by atoms with Crippen LogP contribution in [0.1, 0.15) is 30.1 Å². The van der Waals surface area contributed by atoms with Gasteiger partial charge in [-0.3, -0.25) is 5.43 Å². The number of nitrogen functional groups attached to an aromatic ring is 1. The Morgan fingerprint density at radius 1 is 1.17 bits per heavy atom. The molecule has 0 unspecified atom stereocenters. The molecule has 23 heavy (non-hydrogen) atoms. The Morgan fingerprint density at radius 3 is 2.57 bits per heavy atom. The van der Waals surface area contributed by atoms with Crippen molar-refractivity contribution in [1.82, 2.24) is 0 Å².